The van der Waals surface area contributed by atoms with Crippen LogP contribution in [0.1, 0.15) is 30.0 Å². The summed E-state index contributed by atoms with van der Waals surface area (Å²) in [7, 11) is 0. The van der Waals surface area contributed by atoms with Crippen LogP contribution in [0.4, 0.5) is 0 Å². The van der Waals surface area contributed by atoms with Crippen LogP contribution >= 0.6 is 0 Å². The first kappa shape index (κ1) is 14.6. The summed E-state index contributed by atoms with van der Waals surface area (Å²) in [5.74, 6) is 0.166. The van der Waals surface area contributed by atoms with Gasteiger partial charge in [0.05, 0.1) is 24.5 Å². The van der Waals surface area contributed by atoms with E-state index in [9.17, 15) is 4.79 Å². The summed E-state index contributed by atoms with van der Waals surface area (Å²) in [5.41, 5.74) is 1.72. The van der Waals surface area contributed by atoms with Gasteiger partial charge in [0, 0.05) is 11.8 Å². The Balaban J connectivity index is 2.30. The van der Waals surface area contributed by atoms with E-state index in [0.29, 0.717) is 23.6 Å². The molecule has 6 heteroatoms. The van der Waals surface area contributed by atoms with Crippen LogP contribution in [0.5, 0.6) is 5.75 Å². The maximum absolute atomic E-state index is 11.6. The molecule has 0 saturated carbocycles. The summed E-state index contributed by atoms with van der Waals surface area (Å²) < 4.78 is 10.2. The lowest BCUT2D eigenvalue weighted by Crippen LogP contribution is -2.06. The highest BCUT2D eigenvalue weighted by Gasteiger charge is 2.13. The van der Waals surface area contributed by atoms with E-state index in [4.69, 9.17) is 14.7 Å². The standard InChI is InChI=1S/C15H15N3O3/c1-3-20-13-6-5-10(7-11(13)8-16)12-9-17-14(18-12)15(19)21-4-2/h5-7,9H,3-4H2,1-2H3,(H,17,18). The topological polar surface area (TPSA) is 88.0 Å². The third kappa shape index (κ3) is 3.20. The number of benzene rings is 1. The first-order chi connectivity index (χ1) is 10.2. The Labute approximate surface area is 122 Å². The number of nitriles is 1. The highest BCUT2D eigenvalue weighted by molar-refractivity contribution is 5.86. The summed E-state index contributed by atoms with van der Waals surface area (Å²) in [4.78, 5) is 18.5. The number of nitrogens with one attached hydrogen (secondary N) is 1. The molecule has 108 valence electrons. The quantitative estimate of drug-likeness (QED) is 0.853. The van der Waals surface area contributed by atoms with Gasteiger partial charge in [-0.05, 0) is 32.0 Å². The number of ether oxygens (including phenoxy) is 2. The van der Waals surface area contributed by atoms with Crippen molar-refractivity contribution in [1.29, 1.82) is 5.26 Å². The van der Waals surface area contributed by atoms with Gasteiger partial charge in [0.25, 0.3) is 0 Å². The molecule has 2 aromatic rings. The van der Waals surface area contributed by atoms with Crippen molar-refractivity contribution < 1.29 is 14.3 Å². The SMILES string of the molecule is CCOC(=O)c1nc(-c2ccc(OCC)c(C#N)c2)c[nH]1. The third-order valence-corrected chi connectivity index (χ3v) is 2.74. The molecule has 0 amide bonds. The van der Waals surface area contributed by atoms with Crippen molar-refractivity contribution >= 4 is 5.97 Å². The van der Waals surface area contributed by atoms with Gasteiger partial charge < -0.3 is 14.5 Å². The number of carbonyl (C=O) groups is 1. The molecule has 6 nitrogen and oxygen atoms in total. The number of aromatic nitrogens is 2. The van der Waals surface area contributed by atoms with Crippen LogP contribution in [0.3, 0.4) is 0 Å². The average Bonchev–Trinajstić information content (AvgIpc) is 2.98. The number of esters is 1. The molecule has 0 aliphatic rings. The Morgan fingerprint density at radius 3 is 2.86 bits per heavy atom. The molecule has 1 heterocycles. The lowest BCUT2D eigenvalue weighted by atomic mass is 10.1. The number of hydrogen-bond donors (Lipinski definition) is 1. The first-order valence-corrected chi connectivity index (χ1v) is 6.59. The predicted octanol–water partition coefficient (Wildman–Crippen LogP) is 2.52. The summed E-state index contributed by atoms with van der Waals surface area (Å²) in [6.45, 7) is 4.36. The van der Waals surface area contributed by atoms with Crippen molar-refractivity contribution in [3.05, 3.63) is 35.8 Å². The van der Waals surface area contributed by atoms with Crippen molar-refractivity contribution in [1.82, 2.24) is 9.97 Å². The van der Waals surface area contributed by atoms with Crippen molar-refractivity contribution in [2.24, 2.45) is 0 Å². The molecule has 1 aromatic carbocycles. The lowest BCUT2D eigenvalue weighted by molar-refractivity contribution is 0.0513. The largest absolute Gasteiger partial charge is 0.492 e. The molecule has 21 heavy (non-hydrogen) atoms. The van der Waals surface area contributed by atoms with E-state index in [1.165, 1.54) is 0 Å². The van der Waals surface area contributed by atoms with E-state index in [0.717, 1.165) is 5.56 Å². The predicted molar refractivity (Wildman–Crippen MR) is 75.9 cm³/mol. The Morgan fingerprint density at radius 1 is 1.38 bits per heavy atom. The Morgan fingerprint density at radius 2 is 2.19 bits per heavy atom. The molecule has 0 bridgehead atoms. The number of carbonyl (C=O) groups excluding carboxylic acids is 1. The van der Waals surface area contributed by atoms with E-state index >= 15 is 0 Å². The molecular formula is C15H15N3O3. The van der Waals surface area contributed by atoms with E-state index in [1.807, 2.05) is 6.92 Å². The zero-order valence-electron chi connectivity index (χ0n) is 11.8. The van der Waals surface area contributed by atoms with E-state index in [-0.39, 0.29) is 12.4 Å². The first-order valence-electron chi connectivity index (χ1n) is 6.59. The zero-order chi connectivity index (χ0) is 15.2. The maximum Gasteiger partial charge on any atom is 0.374 e. The Bertz CT molecular complexity index is 686. The fraction of sp³-hybridized carbons (Fsp3) is 0.267. The second kappa shape index (κ2) is 6.57. The molecule has 0 saturated heterocycles. The minimum Gasteiger partial charge on any atom is -0.492 e. The smallest absolute Gasteiger partial charge is 0.374 e. The molecule has 0 radical (unpaired) electrons. The molecule has 1 N–H and O–H groups in total. The van der Waals surface area contributed by atoms with E-state index in [1.54, 1.807) is 31.3 Å². The molecule has 0 unspecified atom stereocenters. The number of hydrogen-bond acceptors (Lipinski definition) is 5. The van der Waals surface area contributed by atoms with Crippen LogP contribution in [0, 0.1) is 11.3 Å². The van der Waals surface area contributed by atoms with Crippen molar-refractivity contribution in [3.8, 4) is 23.1 Å². The molecule has 0 spiro atoms. The van der Waals surface area contributed by atoms with Gasteiger partial charge in [-0.2, -0.15) is 5.26 Å². The van der Waals surface area contributed by atoms with E-state index < -0.39 is 5.97 Å². The van der Waals surface area contributed by atoms with Crippen LogP contribution in [0.25, 0.3) is 11.3 Å². The van der Waals surface area contributed by atoms with Gasteiger partial charge in [0.1, 0.15) is 11.8 Å². The molecule has 0 aliphatic carbocycles. The number of rotatable bonds is 5. The Hall–Kier alpha value is -2.81. The molecule has 0 aliphatic heterocycles. The van der Waals surface area contributed by atoms with Gasteiger partial charge in [0.2, 0.25) is 5.82 Å². The minimum absolute atomic E-state index is 0.138. The van der Waals surface area contributed by atoms with Crippen LogP contribution < -0.4 is 4.74 Å². The molecule has 0 fully saturated rings. The van der Waals surface area contributed by atoms with Crippen molar-refractivity contribution in [3.63, 3.8) is 0 Å². The van der Waals surface area contributed by atoms with Gasteiger partial charge in [0.15, 0.2) is 0 Å². The fourth-order valence-corrected chi connectivity index (χ4v) is 1.83. The zero-order valence-corrected chi connectivity index (χ0v) is 11.8. The highest BCUT2D eigenvalue weighted by atomic mass is 16.5. The summed E-state index contributed by atoms with van der Waals surface area (Å²) in [6, 6.07) is 7.27. The van der Waals surface area contributed by atoms with E-state index in [2.05, 4.69) is 16.0 Å². The van der Waals surface area contributed by atoms with Crippen LogP contribution in [-0.2, 0) is 4.74 Å². The number of imidazole rings is 1. The molecule has 1 aromatic heterocycles. The lowest BCUT2D eigenvalue weighted by Gasteiger charge is -2.06. The molecule has 2 rings (SSSR count). The van der Waals surface area contributed by atoms with Crippen molar-refractivity contribution in [2.75, 3.05) is 13.2 Å². The minimum atomic E-state index is -0.504. The van der Waals surface area contributed by atoms with Gasteiger partial charge in [-0.25, -0.2) is 9.78 Å². The van der Waals surface area contributed by atoms with Gasteiger partial charge in [-0.15, -0.1) is 0 Å². The number of nitrogens with zero attached hydrogens (tertiary/aromatic N) is 2. The van der Waals surface area contributed by atoms with Crippen LogP contribution in [0.2, 0.25) is 0 Å². The Kier molecular flexibility index (Phi) is 4.57. The number of H-pyrrole nitrogens is 1. The van der Waals surface area contributed by atoms with Gasteiger partial charge in [-0.3, -0.25) is 0 Å². The van der Waals surface area contributed by atoms with Crippen molar-refractivity contribution in [2.45, 2.75) is 13.8 Å². The maximum atomic E-state index is 11.6. The second-order valence-electron chi connectivity index (χ2n) is 4.11. The normalized spacial score (nSPS) is 9.95. The summed E-state index contributed by atoms with van der Waals surface area (Å²) in [5, 5.41) is 9.15. The summed E-state index contributed by atoms with van der Waals surface area (Å²) >= 11 is 0. The van der Waals surface area contributed by atoms with Gasteiger partial charge in [-0.1, -0.05) is 0 Å². The van der Waals surface area contributed by atoms with Crippen LogP contribution in [0.15, 0.2) is 24.4 Å². The van der Waals surface area contributed by atoms with Crippen LogP contribution in [-0.4, -0.2) is 29.2 Å². The highest BCUT2D eigenvalue weighted by Crippen LogP contribution is 2.25. The third-order valence-electron chi connectivity index (χ3n) is 2.74. The molecule has 0 atom stereocenters. The summed E-state index contributed by atoms with van der Waals surface area (Å²) in [6.07, 6.45) is 1.60. The fourth-order valence-electron chi connectivity index (χ4n) is 1.83. The monoisotopic (exact) mass is 285 g/mol. The average molecular weight is 285 g/mol. The second-order valence-corrected chi connectivity index (χ2v) is 4.11. The molecular weight excluding hydrogens is 270 g/mol. The van der Waals surface area contributed by atoms with Gasteiger partial charge >= 0.3 is 5.97 Å². The number of aromatic amines is 1.